The van der Waals surface area contributed by atoms with E-state index in [0.29, 0.717) is 15.8 Å². The Balaban J connectivity index is 1.88. The molecule has 0 aliphatic carbocycles. The number of thioether (sulfide) groups is 1. The molecule has 2 aromatic rings. The lowest BCUT2D eigenvalue weighted by molar-refractivity contribution is -0.119. The third-order valence-corrected chi connectivity index (χ3v) is 5.53. The molecule has 1 N–H and O–H groups in total. The lowest BCUT2D eigenvalue weighted by Gasteiger charge is -2.14. The summed E-state index contributed by atoms with van der Waals surface area (Å²) in [4.78, 5) is 11.9. The van der Waals surface area contributed by atoms with Crippen LogP contribution < -0.4 is 5.32 Å². The van der Waals surface area contributed by atoms with Gasteiger partial charge in [0.15, 0.2) is 0 Å². The van der Waals surface area contributed by atoms with E-state index < -0.39 is 0 Å². The first-order chi connectivity index (χ1) is 9.56. The van der Waals surface area contributed by atoms with Gasteiger partial charge in [-0.25, -0.2) is 0 Å². The molecule has 2 nitrogen and oxygen atoms in total. The van der Waals surface area contributed by atoms with Gasteiger partial charge in [0.05, 0.1) is 26.0 Å². The van der Waals surface area contributed by atoms with E-state index in [1.54, 1.807) is 23.5 Å². The molecule has 106 valence electrons. The van der Waals surface area contributed by atoms with Crippen molar-refractivity contribution >= 4 is 52.2 Å². The summed E-state index contributed by atoms with van der Waals surface area (Å²) >= 11 is 15.0. The molecule has 1 aromatic heterocycles. The fourth-order valence-corrected chi connectivity index (χ4v) is 3.53. The van der Waals surface area contributed by atoms with Gasteiger partial charge in [-0.15, -0.1) is 23.1 Å². The van der Waals surface area contributed by atoms with Crippen LogP contribution in [0.15, 0.2) is 39.9 Å². The van der Waals surface area contributed by atoms with Crippen LogP contribution in [-0.4, -0.2) is 11.7 Å². The SMILES string of the molecule is CC(NC(=O)CSc1cccs1)c1ccc(Cl)c(Cl)c1. The van der Waals surface area contributed by atoms with Gasteiger partial charge in [0.1, 0.15) is 0 Å². The zero-order valence-corrected chi connectivity index (χ0v) is 13.9. The van der Waals surface area contributed by atoms with Gasteiger partial charge in [-0.05, 0) is 36.1 Å². The van der Waals surface area contributed by atoms with Gasteiger partial charge in [-0.1, -0.05) is 35.3 Å². The molecule has 1 amide bonds. The Bertz CT molecular complexity index is 587. The van der Waals surface area contributed by atoms with Crippen molar-refractivity contribution < 1.29 is 4.79 Å². The molecular formula is C14H13Cl2NOS2. The molecule has 1 aromatic carbocycles. The normalized spacial score (nSPS) is 12.2. The molecule has 0 saturated heterocycles. The minimum Gasteiger partial charge on any atom is -0.349 e. The van der Waals surface area contributed by atoms with Gasteiger partial charge in [-0.3, -0.25) is 4.79 Å². The number of carbonyl (C=O) groups excluding carboxylic acids is 1. The average Bonchev–Trinajstić information content (AvgIpc) is 2.92. The second-order valence-electron chi connectivity index (χ2n) is 4.18. The van der Waals surface area contributed by atoms with Gasteiger partial charge in [-0.2, -0.15) is 0 Å². The fraction of sp³-hybridized carbons (Fsp3) is 0.214. The lowest BCUT2D eigenvalue weighted by Crippen LogP contribution is -2.28. The van der Waals surface area contributed by atoms with Crippen LogP contribution in [0.1, 0.15) is 18.5 Å². The van der Waals surface area contributed by atoms with Gasteiger partial charge in [0, 0.05) is 0 Å². The van der Waals surface area contributed by atoms with E-state index >= 15 is 0 Å². The van der Waals surface area contributed by atoms with Gasteiger partial charge < -0.3 is 5.32 Å². The minimum atomic E-state index is -0.0961. The Morgan fingerprint density at radius 2 is 2.15 bits per heavy atom. The summed E-state index contributed by atoms with van der Waals surface area (Å²) in [5.74, 6) is 0.411. The van der Waals surface area contributed by atoms with Gasteiger partial charge in [0.2, 0.25) is 5.91 Å². The van der Waals surface area contributed by atoms with Crippen molar-refractivity contribution in [2.24, 2.45) is 0 Å². The molecule has 0 aliphatic rings. The van der Waals surface area contributed by atoms with Crippen molar-refractivity contribution in [2.75, 3.05) is 5.75 Å². The molecule has 2 rings (SSSR count). The molecule has 6 heteroatoms. The van der Waals surface area contributed by atoms with Crippen molar-refractivity contribution in [3.05, 3.63) is 51.3 Å². The highest BCUT2D eigenvalue weighted by Crippen LogP contribution is 2.26. The van der Waals surface area contributed by atoms with Crippen LogP contribution in [0.4, 0.5) is 0 Å². The highest BCUT2D eigenvalue weighted by Gasteiger charge is 2.11. The maximum atomic E-state index is 11.9. The highest BCUT2D eigenvalue weighted by atomic mass is 35.5. The van der Waals surface area contributed by atoms with Crippen LogP contribution in [0.25, 0.3) is 0 Å². The van der Waals surface area contributed by atoms with Crippen molar-refractivity contribution in [2.45, 2.75) is 17.2 Å². The fourth-order valence-electron chi connectivity index (χ4n) is 1.63. The second-order valence-corrected chi connectivity index (χ2v) is 7.22. The number of nitrogens with one attached hydrogen (secondary N) is 1. The molecule has 0 fully saturated rings. The number of thiophene rings is 1. The summed E-state index contributed by atoms with van der Waals surface area (Å²) in [7, 11) is 0. The first kappa shape index (κ1) is 15.7. The molecule has 0 saturated carbocycles. The molecule has 0 bridgehead atoms. The molecule has 1 heterocycles. The highest BCUT2D eigenvalue weighted by molar-refractivity contribution is 8.01. The minimum absolute atomic E-state index is 0.00183. The number of hydrogen-bond acceptors (Lipinski definition) is 3. The van der Waals surface area contributed by atoms with Crippen molar-refractivity contribution in [3.63, 3.8) is 0 Å². The van der Waals surface area contributed by atoms with Crippen molar-refractivity contribution in [3.8, 4) is 0 Å². The topological polar surface area (TPSA) is 29.1 Å². The number of benzene rings is 1. The lowest BCUT2D eigenvalue weighted by atomic mass is 10.1. The molecule has 1 atom stereocenters. The maximum absolute atomic E-state index is 11.9. The Hall–Kier alpha value is -0.680. The summed E-state index contributed by atoms with van der Waals surface area (Å²) < 4.78 is 1.14. The smallest absolute Gasteiger partial charge is 0.230 e. The standard InChI is InChI=1S/C14H13Cl2NOS2/c1-9(10-4-5-11(15)12(16)7-10)17-13(18)8-20-14-3-2-6-19-14/h2-7,9H,8H2,1H3,(H,17,18). The van der Waals surface area contributed by atoms with Gasteiger partial charge >= 0.3 is 0 Å². The van der Waals surface area contributed by atoms with E-state index in [-0.39, 0.29) is 11.9 Å². The third-order valence-electron chi connectivity index (χ3n) is 2.66. The van der Waals surface area contributed by atoms with Gasteiger partial charge in [0.25, 0.3) is 0 Å². The number of halogens is 2. The number of amides is 1. The van der Waals surface area contributed by atoms with E-state index in [9.17, 15) is 4.79 Å². The summed E-state index contributed by atoms with van der Waals surface area (Å²) in [5, 5.41) is 5.96. The summed E-state index contributed by atoms with van der Waals surface area (Å²) in [5.41, 5.74) is 0.939. The Morgan fingerprint density at radius 3 is 2.80 bits per heavy atom. The number of rotatable bonds is 5. The van der Waals surface area contributed by atoms with E-state index in [4.69, 9.17) is 23.2 Å². The Morgan fingerprint density at radius 1 is 1.35 bits per heavy atom. The van der Waals surface area contributed by atoms with Crippen LogP contribution >= 0.6 is 46.3 Å². The molecular weight excluding hydrogens is 333 g/mol. The van der Waals surface area contributed by atoms with Crippen LogP contribution in [0.3, 0.4) is 0 Å². The predicted molar refractivity (Wildman–Crippen MR) is 88.1 cm³/mol. The van der Waals surface area contributed by atoms with E-state index in [1.807, 2.05) is 30.5 Å². The Labute approximate surface area is 136 Å². The van der Waals surface area contributed by atoms with Crippen LogP contribution in [-0.2, 0) is 4.79 Å². The summed E-state index contributed by atoms with van der Waals surface area (Å²) in [6.07, 6.45) is 0. The maximum Gasteiger partial charge on any atom is 0.230 e. The van der Waals surface area contributed by atoms with Crippen LogP contribution in [0, 0.1) is 0 Å². The van der Waals surface area contributed by atoms with E-state index in [2.05, 4.69) is 5.32 Å². The van der Waals surface area contributed by atoms with E-state index in [0.717, 1.165) is 9.77 Å². The summed E-state index contributed by atoms with van der Waals surface area (Å²) in [6, 6.07) is 9.27. The third kappa shape index (κ3) is 4.42. The molecule has 20 heavy (non-hydrogen) atoms. The molecule has 0 radical (unpaired) electrons. The van der Waals surface area contributed by atoms with Crippen LogP contribution in [0.2, 0.25) is 10.0 Å². The van der Waals surface area contributed by atoms with Crippen molar-refractivity contribution in [1.82, 2.24) is 5.32 Å². The van der Waals surface area contributed by atoms with Crippen LogP contribution in [0.5, 0.6) is 0 Å². The first-order valence-electron chi connectivity index (χ1n) is 5.97. The number of carbonyl (C=O) groups is 1. The zero-order valence-electron chi connectivity index (χ0n) is 10.7. The summed E-state index contributed by atoms with van der Waals surface area (Å²) in [6.45, 7) is 1.92. The van der Waals surface area contributed by atoms with Crippen molar-refractivity contribution in [1.29, 1.82) is 0 Å². The second kappa shape index (κ2) is 7.36. The predicted octanol–water partition coefficient (Wildman–Crippen LogP) is 5.02. The van der Waals surface area contributed by atoms with E-state index in [1.165, 1.54) is 11.8 Å². The molecule has 0 spiro atoms. The molecule has 1 unspecified atom stereocenters. The Kier molecular flexibility index (Phi) is 5.78. The average molecular weight is 346 g/mol. The zero-order chi connectivity index (χ0) is 14.5. The monoisotopic (exact) mass is 345 g/mol. The largest absolute Gasteiger partial charge is 0.349 e. The quantitative estimate of drug-likeness (QED) is 0.770. The number of hydrogen-bond donors (Lipinski definition) is 1. The molecule has 0 aliphatic heterocycles. The first-order valence-corrected chi connectivity index (χ1v) is 8.59.